The van der Waals surface area contributed by atoms with E-state index in [1.54, 1.807) is 0 Å². The van der Waals surface area contributed by atoms with Gasteiger partial charge in [0.25, 0.3) is 0 Å². The minimum absolute atomic E-state index is 0.210. The van der Waals surface area contributed by atoms with Crippen LogP contribution in [-0.2, 0) is 0 Å². The lowest BCUT2D eigenvalue weighted by Crippen LogP contribution is -2.34. The number of benzene rings is 1. The van der Waals surface area contributed by atoms with Gasteiger partial charge in [0.05, 0.1) is 6.10 Å². The van der Waals surface area contributed by atoms with Gasteiger partial charge in [-0.25, -0.2) is 0 Å². The van der Waals surface area contributed by atoms with Crippen molar-refractivity contribution in [3.05, 3.63) is 33.3 Å². The van der Waals surface area contributed by atoms with Crippen LogP contribution in [0.25, 0.3) is 0 Å². The van der Waals surface area contributed by atoms with Crippen LogP contribution in [0.1, 0.15) is 44.3 Å². The number of hydrogen-bond acceptors (Lipinski definition) is 2. The van der Waals surface area contributed by atoms with E-state index in [1.165, 1.54) is 0 Å². The minimum atomic E-state index is -0.574. The standard InChI is InChI=1S/C15H21BrClNO/c1-2-10-5-6-15(8-10,9-18)14(19)12-4-3-11(16)7-13(12)17/h3-4,7,10,14,19H,2,5-6,8-9,18H2,1H3. The molecule has 2 nitrogen and oxygen atoms in total. The number of aliphatic hydroxyl groups is 1. The van der Waals surface area contributed by atoms with Gasteiger partial charge in [-0.3, -0.25) is 0 Å². The highest BCUT2D eigenvalue weighted by Gasteiger charge is 2.44. The molecule has 3 unspecified atom stereocenters. The zero-order valence-corrected chi connectivity index (χ0v) is 13.5. The van der Waals surface area contributed by atoms with Crippen LogP contribution >= 0.6 is 27.5 Å². The van der Waals surface area contributed by atoms with Crippen molar-refractivity contribution in [1.29, 1.82) is 0 Å². The van der Waals surface area contributed by atoms with Crippen molar-refractivity contribution in [3.63, 3.8) is 0 Å². The van der Waals surface area contributed by atoms with E-state index in [4.69, 9.17) is 17.3 Å². The fourth-order valence-electron chi connectivity index (χ4n) is 3.22. The fourth-order valence-corrected chi connectivity index (χ4v) is 3.99. The molecule has 2 rings (SSSR count). The molecule has 0 spiro atoms. The Labute approximate surface area is 128 Å². The molecule has 19 heavy (non-hydrogen) atoms. The van der Waals surface area contributed by atoms with Gasteiger partial charge in [0.2, 0.25) is 0 Å². The third-order valence-electron chi connectivity index (χ3n) is 4.57. The maximum Gasteiger partial charge on any atom is 0.0872 e. The Morgan fingerprint density at radius 2 is 2.32 bits per heavy atom. The average molecular weight is 347 g/mol. The molecule has 3 atom stereocenters. The van der Waals surface area contributed by atoms with Gasteiger partial charge in [0.1, 0.15) is 0 Å². The molecule has 4 heteroatoms. The lowest BCUT2D eigenvalue weighted by Gasteiger charge is -2.34. The molecule has 0 aromatic heterocycles. The van der Waals surface area contributed by atoms with Crippen molar-refractivity contribution in [2.24, 2.45) is 17.1 Å². The fraction of sp³-hybridized carbons (Fsp3) is 0.600. The van der Waals surface area contributed by atoms with Crippen molar-refractivity contribution in [2.75, 3.05) is 6.54 Å². The van der Waals surface area contributed by atoms with Gasteiger partial charge >= 0.3 is 0 Å². The number of aliphatic hydroxyl groups excluding tert-OH is 1. The van der Waals surface area contributed by atoms with Crippen molar-refractivity contribution < 1.29 is 5.11 Å². The molecule has 1 fully saturated rings. The summed E-state index contributed by atoms with van der Waals surface area (Å²) in [7, 11) is 0. The summed E-state index contributed by atoms with van der Waals surface area (Å²) in [5.41, 5.74) is 6.58. The zero-order chi connectivity index (χ0) is 14.0. The van der Waals surface area contributed by atoms with Crippen LogP contribution in [0.15, 0.2) is 22.7 Å². The van der Waals surface area contributed by atoms with Crippen LogP contribution in [-0.4, -0.2) is 11.7 Å². The summed E-state index contributed by atoms with van der Waals surface area (Å²) in [5.74, 6) is 0.674. The highest BCUT2D eigenvalue weighted by molar-refractivity contribution is 9.10. The molecule has 0 bridgehead atoms. The summed E-state index contributed by atoms with van der Waals surface area (Å²) in [6, 6.07) is 5.64. The maximum absolute atomic E-state index is 10.8. The van der Waals surface area contributed by atoms with Crippen molar-refractivity contribution in [2.45, 2.75) is 38.7 Å². The van der Waals surface area contributed by atoms with Crippen LogP contribution in [0.5, 0.6) is 0 Å². The van der Waals surface area contributed by atoms with Crippen LogP contribution in [0.2, 0.25) is 5.02 Å². The molecular formula is C15H21BrClNO. The summed E-state index contributed by atoms with van der Waals surface area (Å²) in [6.07, 6.45) is 3.71. The first-order valence-electron chi connectivity index (χ1n) is 6.85. The second-order valence-corrected chi connectivity index (χ2v) is 6.97. The largest absolute Gasteiger partial charge is 0.388 e. The minimum Gasteiger partial charge on any atom is -0.388 e. The number of nitrogens with two attached hydrogens (primary N) is 1. The summed E-state index contributed by atoms with van der Waals surface area (Å²) >= 11 is 9.65. The molecule has 0 heterocycles. The van der Waals surface area contributed by atoms with Crippen LogP contribution in [0.3, 0.4) is 0 Å². The highest BCUT2D eigenvalue weighted by Crippen LogP contribution is 2.51. The smallest absolute Gasteiger partial charge is 0.0872 e. The van der Waals surface area contributed by atoms with Gasteiger partial charge in [0, 0.05) is 21.5 Å². The Kier molecular flexibility index (Phi) is 4.93. The van der Waals surface area contributed by atoms with E-state index in [2.05, 4.69) is 22.9 Å². The topological polar surface area (TPSA) is 46.2 Å². The molecule has 0 amide bonds. The third-order valence-corrected chi connectivity index (χ3v) is 5.39. The molecule has 3 N–H and O–H groups in total. The number of halogens is 2. The van der Waals surface area contributed by atoms with Crippen molar-refractivity contribution >= 4 is 27.5 Å². The molecule has 1 aromatic rings. The SMILES string of the molecule is CCC1CCC(CN)(C(O)c2ccc(Br)cc2Cl)C1. The summed E-state index contributed by atoms with van der Waals surface area (Å²) in [5, 5.41) is 11.4. The van der Waals surface area contributed by atoms with E-state index in [-0.39, 0.29) is 5.41 Å². The molecule has 1 aliphatic rings. The first-order valence-corrected chi connectivity index (χ1v) is 8.02. The van der Waals surface area contributed by atoms with Crippen LogP contribution in [0, 0.1) is 11.3 Å². The molecule has 1 saturated carbocycles. The Balaban J connectivity index is 2.28. The summed E-state index contributed by atoms with van der Waals surface area (Å²) in [6.45, 7) is 2.72. The molecule has 0 aliphatic heterocycles. The van der Waals surface area contributed by atoms with Gasteiger partial charge in [-0.05, 0) is 42.9 Å². The van der Waals surface area contributed by atoms with Crippen LogP contribution in [0.4, 0.5) is 0 Å². The lowest BCUT2D eigenvalue weighted by molar-refractivity contribution is 0.0302. The molecular weight excluding hydrogens is 326 g/mol. The van der Waals surface area contributed by atoms with Crippen molar-refractivity contribution in [1.82, 2.24) is 0 Å². The van der Waals surface area contributed by atoms with E-state index < -0.39 is 6.10 Å². The first-order chi connectivity index (χ1) is 9.02. The van der Waals surface area contributed by atoms with Gasteiger partial charge in [-0.1, -0.05) is 46.9 Å². The lowest BCUT2D eigenvalue weighted by atomic mass is 9.76. The normalized spacial score (nSPS) is 28.6. The van der Waals surface area contributed by atoms with Crippen LogP contribution < -0.4 is 5.73 Å². The third kappa shape index (κ3) is 2.99. The highest BCUT2D eigenvalue weighted by atomic mass is 79.9. The predicted octanol–water partition coefficient (Wildman–Crippen LogP) is 4.29. The molecule has 1 aromatic carbocycles. The number of hydrogen-bond donors (Lipinski definition) is 2. The monoisotopic (exact) mass is 345 g/mol. The Hall–Kier alpha value is -0.0900. The van der Waals surface area contributed by atoms with Gasteiger partial charge in [-0.2, -0.15) is 0 Å². The summed E-state index contributed by atoms with van der Waals surface area (Å²) < 4.78 is 0.924. The van der Waals surface area contributed by atoms with Gasteiger partial charge in [-0.15, -0.1) is 0 Å². The van der Waals surface area contributed by atoms with E-state index >= 15 is 0 Å². The maximum atomic E-state index is 10.8. The van der Waals surface area contributed by atoms with Gasteiger partial charge in [0.15, 0.2) is 0 Å². The zero-order valence-electron chi connectivity index (χ0n) is 11.2. The Morgan fingerprint density at radius 3 is 2.84 bits per heavy atom. The van der Waals surface area contributed by atoms with E-state index in [1.807, 2.05) is 18.2 Å². The number of rotatable bonds is 4. The van der Waals surface area contributed by atoms with E-state index in [0.29, 0.717) is 17.5 Å². The Bertz CT molecular complexity index is 454. The summed E-state index contributed by atoms with van der Waals surface area (Å²) in [4.78, 5) is 0. The first kappa shape index (κ1) is 15.3. The van der Waals surface area contributed by atoms with Gasteiger partial charge < -0.3 is 10.8 Å². The molecule has 0 radical (unpaired) electrons. The molecule has 1 aliphatic carbocycles. The second-order valence-electron chi connectivity index (χ2n) is 5.65. The predicted molar refractivity (Wildman–Crippen MR) is 83.2 cm³/mol. The van der Waals surface area contributed by atoms with E-state index in [0.717, 1.165) is 35.7 Å². The quantitative estimate of drug-likeness (QED) is 0.854. The molecule has 0 saturated heterocycles. The molecule has 106 valence electrons. The second kappa shape index (κ2) is 6.13. The average Bonchev–Trinajstić information content (AvgIpc) is 2.83. The Morgan fingerprint density at radius 1 is 1.58 bits per heavy atom. The van der Waals surface area contributed by atoms with Crippen molar-refractivity contribution in [3.8, 4) is 0 Å². The van der Waals surface area contributed by atoms with E-state index in [9.17, 15) is 5.11 Å².